The van der Waals surface area contributed by atoms with Crippen LogP contribution in [0.25, 0.3) is 22.1 Å². The number of nitrogens with one attached hydrogen (secondary N) is 1. The van der Waals surface area contributed by atoms with Gasteiger partial charge in [-0.05, 0) is 36.6 Å². The predicted molar refractivity (Wildman–Crippen MR) is 114 cm³/mol. The molecule has 1 amide bonds. The van der Waals surface area contributed by atoms with Gasteiger partial charge in [0.1, 0.15) is 11.3 Å². The van der Waals surface area contributed by atoms with Gasteiger partial charge in [-0.3, -0.25) is 4.79 Å². The van der Waals surface area contributed by atoms with Crippen molar-refractivity contribution in [3.05, 3.63) is 65.0 Å². The highest BCUT2D eigenvalue weighted by atomic mass is 16.5. The molecule has 7 heteroatoms. The number of rotatable bonds is 9. The zero-order valence-corrected chi connectivity index (χ0v) is 17.4. The molecular formula is C24H24NO6-. The quantitative estimate of drug-likeness (QED) is 0.531. The minimum atomic E-state index is -1.32. The molecule has 0 aliphatic heterocycles. The number of aliphatic carboxylic acids is 1. The number of hydrogen-bond donors (Lipinski definition) is 1. The van der Waals surface area contributed by atoms with E-state index in [4.69, 9.17) is 9.15 Å². The van der Waals surface area contributed by atoms with E-state index in [2.05, 4.69) is 5.32 Å². The molecule has 0 bridgehead atoms. The van der Waals surface area contributed by atoms with Gasteiger partial charge in [0, 0.05) is 17.5 Å². The molecule has 1 N–H and O–H groups in total. The normalized spacial score (nSPS) is 12.8. The summed E-state index contributed by atoms with van der Waals surface area (Å²) in [5, 5.41) is 14.4. The van der Waals surface area contributed by atoms with Crippen LogP contribution in [0.4, 0.5) is 0 Å². The zero-order valence-electron chi connectivity index (χ0n) is 17.4. The molecule has 2 atom stereocenters. The molecule has 2 unspecified atom stereocenters. The fraction of sp³-hybridized carbons (Fsp3) is 0.292. The van der Waals surface area contributed by atoms with E-state index in [0.717, 1.165) is 22.9 Å². The molecule has 1 heterocycles. The van der Waals surface area contributed by atoms with Crippen LogP contribution in [0.5, 0.6) is 5.75 Å². The molecule has 0 saturated carbocycles. The number of ether oxygens (including phenoxy) is 1. The van der Waals surface area contributed by atoms with Gasteiger partial charge in [0.2, 0.25) is 0 Å². The standard InChI is InChI=1S/C24H25NO6/c1-3-4-10-20(24(28)29)25-23(27)15(2)30-17-11-12-18-19(16-8-6-5-7-9-16)14-22(26)31-21(18)13-17/h5-9,11-15,20H,3-4,10H2,1-2H3,(H,25,27)(H,28,29)/p-1. The van der Waals surface area contributed by atoms with Gasteiger partial charge in [0.25, 0.3) is 5.91 Å². The van der Waals surface area contributed by atoms with Crippen LogP contribution in [-0.4, -0.2) is 24.0 Å². The number of benzene rings is 2. The van der Waals surface area contributed by atoms with E-state index in [1.54, 1.807) is 18.2 Å². The Morgan fingerprint density at radius 2 is 1.87 bits per heavy atom. The zero-order chi connectivity index (χ0) is 22.4. The van der Waals surface area contributed by atoms with Crippen molar-refractivity contribution in [2.75, 3.05) is 0 Å². The summed E-state index contributed by atoms with van der Waals surface area (Å²) < 4.78 is 11.0. The van der Waals surface area contributed by atoms with Crippen LogP contribution in [0.1, 0.15) is 33.1 Å². The van der Waals surface area contributed by atoms with Crippen molar-refractivity contribution in [1.29, 1.82) is 0 Å². The second-order valence-corrected chi connectivity index (χ2v) is 7.29. The number of unbranched alkanes of at least 4 members (excludes halogenated alkanes) is 1. The second-order valence-electron chi connectivity index (χ2n) is 7.29. The number of carbonyl (C=O) groups excluding carboxylic acids is 2. The molecule has 7 nitrogen and oxygen atoms in total. The van der Waals surface area contributed by atoms with Crippen LogP contribution in [-0.2, 0) is 9.59 Å². The largest absolute Gasteiger partial charge is 0.548 e. The first-order valence-electron chi connectivity index (χ1n) is 10.2. The Bertz CT molecular complexity index is 1120. The molecule has 0 spiro atoms. The van der Waals surface area contributed by atoms with Crippen LogP contribution in [0.15, 0.2) is 63.8 Å². The van der Waals surface area contributed by atoms with Crippen LogP contribution < -0.4 is 20.8 Å². The average Bonchev–Trinajstić information content (AvgIpc) is 2.76. The number of carbonyl (C=O) groups is 2. The van der Waals surface area contributed by atoms with Gasteiger partial charge < -0.3 is 24.4 Å². The van der Waals surface area contributed by atoms with Crippen molar-refractivity contribution in [2.45, 2.75) is 45.3 Å². The van der Waals surface area contributed by atoms with E-state index < -0.39 is 29.6 Å². The molecule has 1 aromatic heterocycles. The van der Waals surface area contributed by atoms with E-state index in [-0.39, 0.29) is 0 Å². The molecule has 31 heavy (non-hydrogen) atoms. The Kier molecular flexibility index (Phi) is 7.07. The van der Waals surface area contributed by atoms with Crippen molar-refractivity contribution < 1.29 is 23.8 Å². The lowest BCUT2D eigenvalue weighted by molar-refractivity contribution is -0.308. The summed E-state index contributed by atoms with van der Waals surface area (Å²) in [6.07, 6.45) is 0.798. The van der Waals surface area contributed by atoms with Crippen molar-refractivity contribution in [2.24, 2.45) is 0 Å². The SMILES string of the molecule is CCCCC(NC(=O)C(C)Oc1ccc2c(-c3ccccc3)cc(=O)oc2c1)C(=O)[O-]. The van der Waals surface area contributed by atoms with Gasteiger partial charge in [-0.25, -0.2) is 4.79 Å². The van der Waals surface area contributed by atoms with E-state index >= 15 is 0 Å². The first kappa shape index (κ1) is 22.1. The third-order valence-electron chi connectivity index (χ3n) is 4.93. The predicted octanol–water partition coefficient (Wildman–Crippen LogP) is 2.65. The van der Waals surface area contributed by atoms with Gasteiger partial charge in [-0.2, -0.15) is 0 Å². The Morgan fingerprint density at radius 3 is 2.55 bits per heavy atom. The van der Waals surface area contributed by atoms with Crippen LogP contribution in [0.3, 0.4) is 0 Å². The molecule has 3 rings (SSSR count). The lowest BCUT2D eigenvalue weighted by Crippen LogP contribution is -2.51. The maximum Gasteiger partial charge on any atom is 0.336 e. The Hall–Kier alpha value is -3.61. The maximum absolute atomic E-state index is 12.4. The van der Waals surface area contributed by atoms with Crippen molar-refractivity contribution >= 4 is 22.8 Å². The third kappa shape index (κ3) is 5.51. The van der Waals surface area contributed by atoms with Gasteiger partial charge in [-0.15, -0.1) is 0 Å². The fourth-order valence-corrected chi connectivity index (χ4v) is 3.28. The highest BCUT2D eigenvalue weighted by Gasteiger charge is 2.20. The Labute approximate surface area is 179 Å². The van der Waals surface area contributed by atoms with Crippen molar-refractivity contribution in [3.8, 4) is 16.9 Å². The molecular weight excluding hydrogens is 398 g/mol. The Balaban J connectivity index is 1.80. The van der Waals surface area contributed by atoms with Gasteiger partial charge in [0.15, 0.2) is 6.10 Å². The van der Waals surface area contributed by atoms with Crippen LogP contribution >= 0.6 is 0 Å². The minimum Gasteiger partial charge on any atom is -0.548 e. The van der Waals surface area contributed by atoms with E-state index in [1.807, 2.05) is 37.3 Å². The highest BCUT2D eigenvalue weighted by Crippen LogP contribution is 2.29. The average molecular weight is 422 g/mol. The number of fused-ring (bicyclic) bond motifs is 1. The monoisotopic (exact) mass is 422 g/mol. The summed E-state index contributed by atoms with van der Waals surface area (Å²) in [5.74, 6) is -1.57. The minimum absolute atomic E-state index is 0.292. The van der Waals surface area contributed by atoms with Gasteiger partial charge in [0.05, 0.1) is 12.0 Å². The molecule has 0 saturated heterocycles. The summed E-state index contributed by atoms with van der Waals surface area (Å²) in [4.78, 5) is 35.7. The second kappa shape index (κ2) is 9.93. The first-order chi connectivity index (χ1) is 14.9. The first-order valence-corrected chi connectivity index (χ1v) is 10.2. The topological polar surface area (TPSA) is 109 Å². The van der Waals surface area contributed by atoms with E-state index in [0.29, 0.717) is 24.2 Å². The lowest BCUT2D eigenvalue weighted by atomic mass is 10.0. The molecule has 0 aliphatic rings. The van der Waals surface area contributed by atoms with Gasteiger partial charge >= 0.3 is 5.63 Å². The summed E-state index contributed by atoms with van der Waals surface area (Å²) in [7, 11) is 0. The van der Waals surface area contributed by atoms with Crippen LogP contribution in [0, 0.1) is 0 Å². The molecule has 3 aromatic rings. The fourth-order valence-electron chi connectivity index (χ4n) is 3.28. The molecule has 0 fully saturated rings. The highest BCUT2D eigenvalue weighted by molar-refractivity contribution is 5.93. The molecule has 0 aliphatic carbocycles. The summed E-state index contributed by atoms with van der Waals surface area (Å²) in [6.45, 7) is 3.45. The summed E-state index contributed by atoms with van der Waals surface area (Å²) >= 11 is 0. The van der Waals surface area contributed by atoms with Crippen molar-refractivity contribution in [3.63, 3.8) is 0 Å². The molecule has 2 aromatic carbocycles. The molecule has 0 radical (unpaired) electrons. The number of amides is 1. The summed E-state index contributed by atoms with van der Waals surface area (Å²) in [5.41, 5.74) is 1.44. The van der Waals surface area contributed by atoms with E-state index in [1.165, 1.54) is 13.0 Å². The van der Waals surface area contributed by atoms with Crippen LogP contribution in [0.2, 0.25) is 0 Å². The smallest absolute Gasteiger partial charge is 0.336 e. The van der Waals surface area contributed by atoms with Gasteiger partial charge in [-0.1, -0.05) is 50.1 Å². The number of hydrogen-bond acceptors (Lipinski definition) is 6. The van der Waals surface area contributed by atoms with E-state index in [9.17, 15) is 19.5 Å². The Morgan fingerprint density at radius 1 is 1.13 bits per heavy atom. The third-order valence-corrected chi connectivity index (χ3v) is 4.93. The number of carboxylic acid groups (broad SMARTS) is 1. The summed E-state index contributed by atoms with van der Waals surface area (Å²) in [6, 6.07) is 14.8. The lowest BCUT2D eigenvalue weighted by Gasteiger charge is -2.22. The molecule has 162 valence electrons. The number of carboxylic acids is 1. The van der Waals surface area contributed by atoms with Crippen molar-refractivity contribution in [1.82, 2.24) is 5.32 Å². The maximum atomic E-state index is 12.4.